The predicted octanol–water partition coefficient (Wildman–Crippen LogP) is 4.54. The van der Waals surface area contributed by atoms with Crippen molar-refractivity contribution in [2.45, 2.75) is 0 Å². The second-order valence-electron chi connectivity index (χ2n) is 4.42. The van der Waals surface area contributed by atoms with E-state index in [2.05, 4.69) is 10.3 Å². The van der Waals surface area contributed by atoms with Crippen molar-refractivity contribution in [1.29, 1.82) is 0 Å². The molecule has 1 aliphatic rings. The van der Waals surface area contributed by atoms with E-state index in [1.807, 2.05) is 18.2 Å². The van der Waals surface area contributed by atoms with Gasteiger partial charge in [-0.3, -0.25) is 4.79 Å². The number of rotatable bonds is 2. The van der Waals surface area contributed by atoms with E-state index in [1.54, 1.807) is 24.3 Å². The fourth-order valence-electron chi connectivity index (χ4n) is 1.93. The molecule has 7 heteroatoms. The van der Waals surface area contributed by atoms with Gasteiger partial charge in [-0.25, -0.2) is 4.98 Å². The molecule has 0 atom stereocenters. The van der Waals surface area contributed by atoms with Crippen LogP contribution in [-0.4, -0.2) is 15.2 Å². The Morgan fingerprint density at radius 1 is 1.23 bits per heavy atom. The second kappa shape index (κ2) is 6.38. The first-order chi connectivity index (χ1) is 10.5. The Kier molecular flexibility index (Phi) is 4.49. The van der Waals surface area contributed by atoms with Gasteiger partial charge in [-0.05, 0) is 36.4 Å². The third kappa shape index (κ3) is 3.33. The molecule has 1 amide bonds. The average Bonchev–Trinajstić information content (AvgIpc) is 2.80. The van der Waals surface area contributed by atoms with Gasteiger partial charge in [0, 0.05) is 10.6 Å². The highest BCUT2D eigenvalue weighted by Crippen LogP contribution is 2.30. The summed E-state index contributed by atoms with van der Waals surface area (Å²) in [4.78, 5) is 16.7. The van der Waals surface area contributed by atoms with E-state index >= 15 is 0 Å². The zero-order valence-electron chi connectivity index (χ0n) is 11.0. The number of thiocarbonyl (C=S) groups is 1. The summed E-state index contributed by atoms with van der Waals surface area (Å²) < 4.78 is 0.449. The van der Waals surface area contributed by atoms with Crippen LogP contribution in [0.3, 0.4) is 0 Å². The monoisotopic (exact) mass is 366 g/mol. The normalized spacial score (nSPS) is 16.2. The summed E-state index contributed by atoms with van der Waals surface area (Å²) in [6.07, 6.45) is 1.70. The summed E-state index contributed by atoms with van der Waals surface area (Å²) in [5.74, 6) is -0.206. The van der Waals surface area contributed by atoms with Crippen molar-refractivity contribution in [2.75, 3.05) is 0 Å². The molecule has 22 heavy (non-hydrogen) atoms. The summed E-state index contributed by atoms with van der Waals surface area (Å²) in [5.41, 5.74) is 2.08. The molecule has 1 aliphatic heterocycles. The van der Waals surface area contributed by atoms with Crippen molar-refractivity contribution in [3.8, 4) is 11.3 Å². The molecule has 0 saturated carbocycles. The van der Waals surface area contributed by atoms with Gasteiger partial charge in [-0.15, -0.1) is 0 Å². The van der Waals surface area contributed by atoms with Gasteiger partial charge in [-0.1, -0.05) is 53.2 Å². The van der Waals surface area contributed by atoms with E-state index in [0.717, 1.165) is 5.56 Å². The van der Waals surface area contributed by atoms with E-state index in [4.69, 9.17) is 35.4 Å². The number of nitrogens with zero attached hydrogens (tertiary/aromatic N) is 1. The fraction of sp³-hybridized carbons (Fsp3) is 0. The molecule has 3 nitrogen and oxygen atoms in total. The molecule has 1 saturated heterocycles. The Bertz CT molecular complexity index is 821. The maximum atomic E-state index is 11.7. The van der Waals surface area contributed by atoms with E-state index in [0.29, 0.717) is 30.7 Å². The first-order valence-electron chi connectivity index (χ1n) is 6.20. The molecule has 0 unspecified atom stereocenters. The molecule has 0 radical (unpaired) electrons. The van der Waals surface area contributed by atoms with E-state index in [-0.39, 0.29) is 5.91 Å². The van der Waals surface area contributed by atoms with E-state index < -0.39 is 0 Å². The zero-order chi connectivity index (χ0) is 15.7. The van der Waals surface area contributed by atoms with Crippen molar-refractivity contribution in [1.82, 2.24) is 10.3 Å². The highest BCUT2D eigenvalue weighted by Gasteiger charge is 2.22. The minimum absolute atomic E-state index is 0.206. The highest BCUT2D eigenvalue weighted by molar-refractivity contribution is 8.26. The smallest absolute Gasteiger partial charge is 0.263 e. The number of hydrogen-bond acceptors (Lipinski definition) is 4. The van der Waals surface area contributed by atoms with Gasteiger partial charge >= 0.3 is 0 Å². The maximum absolute atomic E-state index is 11.7. The molecule has 1 fully saturated rings. The lowest BCUT2D eigenvalue weighted by molar-refractivity contribution is -0.115. The van der Waals surface area contributed by atoms with Gasteiger partial charge in [0.2, 0.25) is 0 Å². The van der Waals surface area contributed by atoms with Gasteiger partial charge in [-0.2, -0.15) is 0 Å². The molecule has 0 bridgehead atoms. The first-order valence-corrected chi connectivity index (χ1v) is 8.18. The Morgan fingerprint density at radius 3 is 2.77 bits per heavy atom. The lowest BCUT2D eigenvalue weighted by atomic mass is 10.1. The van der Waals surface area contributed by atoms with Crippen molar-refractivity contribution < 1.29 is 4.79 Å². The standard InChI is InChI=1S/C15H8Cl2N2OS2/c16-8-4-5-11(17)10(6-8)12-3-1-2-9(18-12)7-13-14(20)19-15(21)22-13/h1-7H,(H,19,20,21)/b13-7-. The van der Waals surface area contributed by atoms with Crippen LogP contribution in [0.25, 0.3) is 17.3 Å². The Morgan fingerprint density at radius 2 is 2.05 bits per heavy atom. The van der Waals surface area contributed by atoms with Gasteiger partial charge in [0.05, 0.1) is 21.3 Å². The molecular weight excluding hydrogens is 359 g/mol. The molecule has 1 aromatic carbocycles. The summed E-state index contributed by atoms with van der Waals surface area (Å²) >= 11 is 18.4. The molecule has 1 aromatic heterocycles. The van der Waals surface area contributed by atoms with Crippen LogP contribution in [0.2, 0.25) is 10.0 Å². The molecule has 3 rings (SSSR count). The van der Waals surface area contributed by atoms with E-state index in [1.165, 1.54) is 11.8 Å². The molecule has 0 spiro atoms. The molecule has 1 N–H and O–H groups in total. The molecule has 2 heterocycles. The van der Waals surface area contributed by atoms with Gasteiger partial charge in [0.25, 0.3) is 5.91 Å². The van der Waals surface area contributed by atoms with Gasteiger partial charge in [0.1, 0.15) is 4.32 Å². The van der Waals surface area contributed by atoms with Crippen molar-refractivity contribution in [2.24, 2.45) is 0 Å². The number of pyridine rings is 1. The fourth-order valence-corrected chi connectivity index (χ4v) is 3.35. The molecule has 0 aliphatic carbocycles. The lowest BCUT2D eigenvalue weighted by Gasteiger charge is -2.05. The number of thioether (sulfide) groups is 1. The Hall–Kier alpha value is -1.40. The third-order valence-corrected chi connectivity index (χ3v) is 4.62. The number of aromatic nitrogens is 1. The van der Waals surface area contributed by atoms with Crippen LogP contribution in [0, 0.1) is 0 Å². The molecule has 2 aromatic rings. The SMILES string of the molecule is O=C1NC(=S)S/C1=C\c1cccc(-c2cc(Cl)ccc2Cl)n1. The van der Waals surface area contributed by atoms with Gasteiger partial charge < -0.3 is 5.32 Å². The Labute approximate surface area is 146 Å². The van der Waals surface area contributed by atoms with Crippen LogP contribution in [0.1, 0.15) is 5.69 Å². The van der Waals surface area contributed by atoms with Crippen molar-refractivity contribution in [3.05, 3.63) is 57.0 Å². The lowest BCUT2D eigenvalue weighted by Crippen LogP contribution is -2.17. The highest BCUT2D eigenvalue weighted by atomic mass is 35.5. The number of halogens is 2. The van der Waals surface area contributed by atoms with Crippen LogP contribution < -0.4 is 5.32 Å². The summed E-state index contributed by atoms with van der Waals surface area (Å²) in [6, 6.07) is 10.7. The summed E-state index contributed by atoms with van der Waals surface area (Å²) in [6.45, 7) is 0. The molecule has 110 valence electrons. The topological polar surface area (TPSA) is 42.0 Å². The second-order valence-corrected chi connectivity index (χ2v) is 6.99. The van der Waals surface area contributed by atoms with Crippen molar-refractivity contribution in [3.63, 3.8) is 0 Å². The zero-order valence-corrected chi connectivity index (χ0v) is 14.1. The maximum Gasteiger partial charge on any atom is 0.263 e. The van der Waals surface area contributed by atoms with Crippen LogP contribution in [0.15, 0.2) is 41.3 Å². The average molecular weight is 367 g/mol. The summed E-state index contributed by atoms with van der Waals surface area (Å²) in [7, 11) is 0. The van der Waals surface area contributed by atoms with Crippen molar-refractivity contribution >= 4 is 63.5 Å². The number of carbonyl (C=O) groups excluding carboxylic acids is 1. The number of amides is 1. The number of benzene rings is 1. The van der Waals surface area contributed by atoms with Crippen LogP contribution in [-0.2, 0) is 4.79 Å². The number of carbonyl (C=O) groups is 1. The third-order valence-electron chi connectivity index (χ3n) is 2.90. The predicted molar refractivity (Wildman–Crippen MR) is 96.0 cm³/mol. The quantitative estimate of drug-likeness (QED) is 0.625. The summed E-state index contributed by atoms with van der Waals surface area (Å²) in [5, 5.41) is 3.72. The van der Waals surface area contributed by atoms with Crippen LogP contribution >= 0.6 is 47.2 Å². The van der Waals surface area contributed by atoms with E-state index in [9.17, 15) is 4.79 Å². The van der Waals surface area contributed by atoms with Gasteiger partial charge in [0.15, 0.2) is 0 Å². The molecular formula is C15H8Cl2N2OS2. The minimum Gasteiger partial charge on any atom is -0.307 e. The Balaban J connectivity index is 2.00. The largest absolute Gasteiger partial charge is 0.307 e. The van der Waals surface area contributed by atoms with Crippen LogP contribution in [0.5, 0.6) is 0 Å². The number of hydrogen-bond donors (Lipinski definition) is 1. The first kappa shape index (κ1) is 15.5. The number of nitrogens with one attached hydrogen (secondary N) is 1. The van der Waals surface area contributed by atoms with Crippen LogP contribution in [0.4, 0.5) is 0 Å². The minimum atomic E-state index is -0.206.